The van der Waals surface area contributed by atoms with Crippen LogP contribution in [0.5, 0.6) is 0 Å². The van der Waals surface area contributed by atoms with E-state index < -0.39 is 11.7 Å². The van der Waals surface area contributed by atoms with Crippen molar-refractivity contribution >= 4 is 41.3 Å². The molecular formula is C17H22F3IN4S. The molecule has 1 aromatic heterocycles. The number of aliphatic imine (C=N–C) groups is 1. The lowest BCUT2D eigenvalue weighted by Crippen LogP contribution is -2.36. The van der Waals surface area contributed by atoms with Gasteiger partial charge in [-0.15, -0.1) is 35.3 Å². The highest BCUT2D eigenvalue weighted by molar-refractivity contribution is 14.0. The number of hydrogen-bond donors (Lipinski definition) is 2. The SMILES string of the molecule is CN=C(NCc1ccc(C(F)(F)F)cc1)NCc1nc(C(C)C)cs1.I. The van der Waals surface area contributed by atoms with Crippen LogP contribution in [0.15, 0.2) is 34.6 Å². The van der Waals surface area contributed by atoms with E-state index in [1.807, 2.05) is 5.38 Å². The van der Waals surface area contributed by atoms with Gasteiger partial charge in [-0.3, -0.25) is 4.99 Å². The van der Waals surface area contributed by atoms with E-state index in [0.29, 0.717) is 25.0 Å². The van der Waals surface area contributed by atoms with Crippen molar-refractivity contribution in [1.82, 2.24) is 15.6 Å². The molecule has 0 aliphatic rings. The lowest BCUT2D eigenvalue weighted by Gasteiger charge is -2.12. The van der Waals surface area contributed by atoms with E-state index in [1.165, 1.54) is 12.1 Å². The van der Waals surface area contributed by atoms with E-state index >= 15 is 0 Å². The molecule has 2 aromatic rings. The molecule has 9 heteroatoms. The van der Waals surface area contributed by atoms with E-state index in [4.69, 9.17) is 0 Å². The second-order valence-corrected chi connectivity index (χ2v) is 6.74. The Labute approximate surface area is 172 Å². The molecular weight excluding hydrogens is 476 g/mol. The van der Waals surface area contributed by atoms with Crippen LogP contribution in [0.3, 0.4) is 0 Å². The molecule has 1 heterocycles. The number of benzene rings is 1. The third-order valence-electron chi connectivity index (χ3n) is 3.53. The molecule has 0 amide bonds. The zero-order valence-electron chi connectivity index (χ0n) is 14.7. The Hall–Kier alpha value is -1.36. The number of guanidine groups is 1. The molecule has 0 spiro atoms. The molecule has 2 N–H and O–H groups in total. The van der Waals surface area contributed by atoms with Crippen LogP contribution >= 0.6 is 35.3 Å². The van der Waals surface area contributed by atoms with Crippen molar-refractivity contribution in [2.45, 2.75) is 39.0 Å². The summed E-state index contributed by atoms with van der Waals surface area (Å²) >= 11 is 1.59. The van der Waals surface area contributed by atoms with Gasteiger partial charge in [-0.25, -0.2) is 4.98 Å². The zero-order valence-corrected chi connectivity index (χ0v) is 17.9. The third kappa shape index (κ3) is 6.75. The summed E-state index contributed by atoms with van der Waals surface area (Å²) < 4.78 is 37.7. The summed E-state index contributed by atoms with van der Waals surface area (Å²) in [6.45, 7) is 5.12. The number of nitrogens with zero attached hydrogens (tertiary/aromatic N) is 2. The molecule has 0 unspecified atom stereocenters. The molecule has 4 nitrogen and oxygen atoms in total. The van der Waals surface area contributed by atoms with Crippen molar-refractivity contribution in [3.8, 4) is 0 Å². The molecule has 0 saturated heterocycles. The van der Waals surface area contributed by atoms with Gasteiger partial charge < -0.3 is 10.6 Å². The number of hydrogen-bond acceptors (Lipinski definition) is 3. The smallest absolute Gasteiger partial charge is 0.352 e. The number of nitrogens with one attached hydrogen (secondary N) is 2. The van der Waals surface area contributed by atoms with Crippen molar-refractivity contribution in [1.29, 1.82) is 0 Å². The molecule has 0 atom stereocenters. The number of halogens is 4. The fourth-order valence-corrected chi connectivity index (χ4v) is 2.94. The van der Waals surface area contributed by atoms with Gasteiger partial charge in [-0.2, -0.15) is 13.2 Å². The minimum absolute atomic E-state index is 0. The van der Waals surface area contributed by atoms with Crippen LogP contribution in [0.25, 0.3) is 0 Å². The molecule has 26 heavy (non-hydrogen) atoms. The average Bonchev–Trinajstić information content (AvgIpc) is 3.04. The summed E-state index contributed by atoms with van der Waals surface area (Å²) in [6.07, 6.45) is -4.31. The number of rotatable bonds is 5. The fraction of sp³-hybridized carbons (Fsp3) is 0.412. The van der Waals surface area contributed by atoms with E-state index in [1.54, 1.807) is 18.4 Å². The van der Waals surface area contributed by atoms with Crippen LogP contribution in [0.1, 0.15) is 41.6 Å². The highest BCUT2D eigenvalue weighted by atomic mass is 127. The molecule has 0 bridgehead atoms. The Morgan fingerprint density at radius 3 is 2.27 bits per heavy atom. The van der Waals surface area contributed by atoms with E-state index in [-0.39, 0.29) is 24.0 Å². The lowest BCUT2D eigenvalue weighted by molar-refractivity contribution is -0.137. The fourth-order valence-electron chi connectivity index (χ4n) is 2.05. The normalized spacial score (nSPS) is 12.0. The number of aromatic nitrogens is 1. The molecule has 2 rings (SSSR count). The first-order valence-corrected chi connectivity index (χ1v) is 8.72. The van der Waals surface area contributed by atoms with Crippen molar-refractivity contribution in [2.75, 3.05) is 7.05 Å². The molecule has 0 aliphatic carbocycles. The van der Waals surface area contributed by atoms with Crippen LogP contribution in [0.4, 0.5) is 13.2 Å². The Bertz CT molecular complexity index is 712. The van der Waals surface area contributed by atoms with Gasteiger partial charge in [0.25, 0.3) is 0 Å². The summed E-state index contributed by atoms with van der Waals surface area (Å²) in [6, 6.07) is 5.07. The molecule has 144 valence electrons. The van der Waals surface area contributed by atoms with Gasteiger partial charge in [0.15, 0.2) is 5.96 Å². The van der Waals surface area contributed by atoms with Gasteiger partial charge in [0, 0.05) is 19.0 Å². The van der Waals surface area contributed by atoms with Crippen molar-refractivity contribution in [2.24, 2.45) is 4.99 Å². The maximum absolute atomic E-state index is 12.6. The first kappa shape index (κ1) is 22.7. The van der Waals surface area contributed by atoms with E-state index in [0.717, 1.165) is 28.4 Å². The summed E-state index contributed by atoms with van der Waals surface area (Å²) in [5, 5.41) is 9.23. The molecule has 0 saturated carbocycles. The van der Waals surface area contributed by atoms with Crippen LogP contribution in [0.2, 0.25) is 0 Å². The zero-order chi connectivity index (χ0) is 18.4. The Balaban J connectivity index is 0.00000338. The summed E-state index contributed by atoms with van der Waals surface area (Å²) in [4.78, 5) is 8.64. The third-order valence-corrected chi connectivity index (χ3v) is 4.40. The van der Waals surface area contributed by atoms with Gasteiger partial charge in [0.2, 0.25) is 0 Å². The summed E-state index contributed by atoms with van der Waals surface area (Å²) in [5.41, 5.74) is 1.16. The average molecular weight is 498 g/mol. The minimum Gasteiger partial charge on any atom is -0.352 e. The van der Waals surface area contributed by atoms with E-state index in [2.05, 4.69) is 34.5 Å². The second-order valence-electron chi connectivity index (χ2n) is 5.79. The summed E-state index contributed by atoms with van der Waals surface area (Å²) in [5.74, 6) is 0.961. The summed E-state index contributed by atoms with van der Waals surface area (Å²) in [7, 11) is 1.64. The van der Waals surface area contributed by atoms with Crippen molar-refractivity contribution in [3.63, 3.8) is 0 Å². The maximum Gasteiger partial charge on any atom is 0.416 e. The van der Waals surface area contributed by atoms with Gasteiger partial charge >= 0.3 is 6.18 Å². The van der Waals surface area contributed by atoms with Crippen molar-refractivity contribution in [3.05, 3.63) is 51.5 Å². The second kappa shape index (κ2) is 10.1. The molecule has 0 aliphatic heterocycles. The molecule has 0 radical (unpaired) electrons. The predicted molar refractivity (Wildman–Crippen MR) is 110 cm³/mol. The number of alkyl halides is 3. The lowest BCUT2D eigenvalue weighted by atomic mass is 10.1. The quantitative estimate of drug-likeness (QED) is 0.355. The Morgan fingerprint density at radius 1 is 1.15 bits per heavy atom. The Morgan fingerprint density at radius 2 is 1.77 bits per heavy atom. The predicted octanol–water partition coefficient (Wildman–Crippen LogP) is 4.77. The maximum atomic E-state index is 12.6. The van der Waals surface area contributed by atoms with Gasteiger partial charge in [0.05, 0.1) is 17.8 Å². The highest BCUT2D eigenvalue weighted by Crippen LogP contribution is 2.29. The van der Waals surface area contributed by atoms with E-state index in [9.17, 15) is 13.2 Å². The van der Waals surface area contributed by atoms with Gasteiger partial charge in [-0.1, -0.05) is 26.0 Å². The van der Waals surface area contributed by atoms with Gasteiger partial charge in [-0.05, 0) is 23.6 Å². The van der Waals surface area contributed by atoms with Crippen LogP contribution < -0.4 is 10.6 Å². The van der Waals surface area contributed by atoms with Crippen LogP contribution in [0, 0.1) is 0 Å². The topological polar surface area (TPSA) is 49.3 Å². The Kier molecular flexibility index (Phi) is 8.81. The largest absolute Gasteiger partial charge is 0.416 e. The molecule has 0 fully saturated rings. The first-order chi connectivity index (χ1) is 11.8. The van der Waals surface area contributed by atoms with Crippen molar-refractivity contribution < 1.29 is 13.2 Å². The standard InChI is InChI=1S/C17H21F3N4S.HI/c1-11(2)14-10-25-15(24-14)9-23-16(21-3)22-8-12-4-6-13(7-5-12)17(18,19)20;/h4-7,10-11H,8-9H2,1-3H3,(H2,21,22,23);1H. The van der Waals surface area contributed by atoms with Gasteiger partial charge in [0.1, 0.15) is 5.01 Å². The minimum atomic E-state index is -4.31. The van der Waals surface area contributed by atoms with Crippen LogP contribution in [-0.2, 0) is 19.3 Å². The first-order valence-electron chi connectivity index (χ1n) is 7.84. The van der Waals surface area contributed by atoms with Crippen LogP contribution in [-0.4, -0.2) is 18.0 Å². The highest BCUT2D eigenvalue weighted by Gasteiger charge is 2.29. The molecule has 1 aromatic carbocycles. The number of thiazole rings is 1. The monoisotopic (exact) mass is 498 g/mol.